The lowest BCUT2D eigenvalue weighted by Gasteiger charge is -2.39. The normalized spacial score (nSPS) is 31.9. The predicted molar refractivity (Wildman–Crippen MR) is 79.7 cm³/mol. The molecule has 0 radical (unpaired) electrons. The Labute approximate surface area is 115 Å². The predicted octanol–water partition coefficient (Wildman–Crippen LogP) is 4.41. The molecule has 4 aliphatic rings. The average molecular weight is 330 g/mol. The third-order valence-electron chi connectivity index (χ3n) is 3.89. The van der Waals surface area contributed by atoms with E-state index < -0.39 is 0 Å². The van der Waals surface area contributed by atoms with Crippen molar-refractivity contribution in [2.75, 3.05) is 0 Å². The van der Waals surface area contributed by atoms with Gasteiger partial charge in [-0.2, -0.15) is 0 Å². The van der Waals surface area contributed by atoms with Crippen LogP contribution in [0, 0.1) is 11.8 Å². The molecule has 0 aromatic heterocycles. The smallest absolute Gasteiger partial charge is 0.0199 e. The zero-order valence-electron chi connectivity index (χ0n) is 9.23. The highest BCUT2D eigenvalue weighted by Crippen LogP contribution is 2.49. The summed E-state index contributed by atoms with van der Waals surface area (Å²) >= 11 is 2.41. The third kappa shape index (κ3) is 1.35. The molecule has 0 aromatic rings. The highest BCUT2D eigenvalue weighted by atomic mass is 127. The van der Waals surface area contributed by atoms with E-state index in [1.165, 1.54) is 25.9 Å². The van der Waals surface area contributed by atoms with Gasteiger partial charge in [-0.3, -0.25) is 0 Å². The summed E-state index contributed by atoms with van der Waals surface area (Å²) in [6.45, 7) is 0. The zero-order chi connectivity index (χ0) is 11.4. The molecule has 17 heavy (non-hydrogen) atoms. The number of halogens is 1. The number of rotatable bonds is 0. The Bertz CT molecular complexity index is 618. The van der Waals surface area contributed by atoms with Crippen molar-refractivity contribution in [2.45, 2.75) is 0 Å². The van der Waals surface area contributed by atoms with Crippen LogP contribution in [0.15, 0.2) is 80.6 Å². The van der Waals surface area contributed by atoms with E-state index in [4.69, 9.17) is 0 Å². The molecule has 1 heteroatoms. The fourth-order valence-corrected chi connectivity index (χ4v) is 3.90. The Balaban J connectivity index is 2.01. The minimum atomic E-state index is 0.551. The summed E-state index contributed by atoms with van der Waals surface area (Å²) in [4.78, 5) is 0. The van der Waals surface area contributed by atoms with E-state index >= 15 is 0 Å². The molecule has 0 fully saturated rings. The second-order valence-electron chi connectivity index (χ2n) is 4.82. The van der Waals surface area contributed by atoms with Crippen molar-refractivity contribution in [3.05, 3.63) is 80.6 Å². The molecule has 0 bridgehead atoms. The molecule has 0 aliphatic heterocycles. The minimum absolute atomic E-state index is 0.551. The molecule has 0 spiro atoms. The van der Waals surface area contributed by atoms with Gasteiger partial charge in [-0.15, -0.1) is 0 Å². The molecular weight excluding hydrogens is 319 g/mol. The first kappa shape index (κ1) is 9.89. The van der Waals surface area contributed by atoms with E-state index in [2.05, 4.69) is 77.3 Å². The Morgan fingerprint density at radius 2 is 1.41 bits per heavy atom. The minimum Gasteiger partial charge on any atom is -0.0617 e. The maximum atomic E-state index is 2.41. The van der Waals surface area contributed by atoms with Gasteiger partial charge in [0.25, 0.3) is 0 Å². The first-order valence-electron chi connectivity index (χ1n) is 5.90. The largest absolute Gasteiger partial charge is 0.0617 e. The van der Waals surface area contributed by atoms with Crippen molar-refractivity contribution in [1.82, 2.24) is 0 Å². The first-order chi connectivity index (χ1) is 8.33. The van der Waals surface area contributed by atoms with Gasteiger partial charge in [0.05, 0.1) is 0 Å². The molecule has 0 heterocycles. The standard InChI is InChI=1S/C16H11I/c17-14-8-12-6-4-10-2-1-3-11-5-7-13(9-14)16(12)15(10)11/h1-9,15-16H. The van der Waals surface area contributed by atoms with Crippen LogP contribution in [0.2, 0.25) is 0 Å². The maximum absolute atomic E-state index is 2.41. The van der Waals surface area contributed by atoms with Crippen LogP contribution in [-0.4, -0.2) is 0 Å². The second kappa shape index (κ2) is 3.45. The monoisotopic (exact) mass is 330 g/mol. The van der Waals surface area contributed by atoms with Gasteiger partial charge in [0.15, 0.2) is 0 Å². The van der Waals surface area contributed by atoms with Crippen LogP contribution in [0.5, 0.6) is 0 Å². The van der Waals surface area contributed by atoms with Gasteiger partial charge >= 0.3 is 0 Å². The topological polar surface area (TPSA) is 0 Å². The molecule has 0 nitrogen and oxygen atoms in total. The van der Waals surface area contributed by atoms with Crippen LogP contribution in [-0.2, 0) is 0 Å². The van der Waals surface area contributed by atoms with Crippen LogP contribution >= 0.6 is 22.6 Å². The van der Waals surface area contributed by atoms with Crippen LogP contribution < -0.4 is 0 Å². The molecule has 82 valence electrons. The van der Waals surface area contributed by atoms with Crippen LogP contribution in [0.1, 0.15) is 0 Å². The lowest BCUT2D eigenvalue weighted by atomic mass is 9.65. The van der Waals surface area contributed by atoms with Gasteiger partial charge < -0.3 is 0 Å². The third-order valence-corrected chi connectivity index (χ3v) is 4.52. The lowest BCUT2D eigenvalue weighted by molar-refractivity contribution is 0.564. The molecule has 2 atom stereocenters. The first-order valence-corrected chi connectivity index (χ1v) is 6.98. The molecular formula is C16H11I. The van der Waals surface area contributed by atoms with E-state index in [1.807, 2.05) is 0 Å². The summed E-state index contributed by atoms with van der Waals surface area (Å²) in [5.74, 6) is 1.10. The molecule has 0 aromatic carbocycles. The Hall–Kier alpha value is -1.09. The SMILES string of the molecule is IC1=CC2=CC=C3C=CC=C4C=CC(=C1)C2C43. The average Bonchev–Trinajstić information content (AvgIpc) is 2.35. The van der Waals surface area contributed by atoms with E-state index in [0.29, 0.717) is 11.8 Å². The van der Waals surface area contributed by atoms with E-state index in [0.717, 1.165) is 0 Å². The maximum Gasteiger partial charge on any atom is 0.0199 e. The van der Waals surface area contributed by atoms with Gasteiger partial charge in [-0.05, 0) is 57.0 Å². The van der Waals surface area contributed by atoms with Gasteiger partial charge in [-0.1, -0.05) is 42.5 Å². The van der Waals surface area contributed by atoms with Gasteiger partial charge in [0.1, 0.15) is 0 Å². The lowest BCUT2D eigenvalue weighted by Crippen LogP contribution is -2.28. The summed E-state index contributed by atoms with van der Waals surface area (Å²) < 4.78 is 1.33. The zero-order valence-corrected chi connectivity index (χ0v) is 11.4. The van der Waals surface area contributed by atoms with Crippen LogP contribution in [0.4, 0.5) is 0 Å². The molecule has 0 saturated heterocycles. The molecule has 4 aliphatic carbocycles. The Morgan fingerprint density at radius 1 is 0.706 bits per heavy atom. The Morgan fingerprint density at radius 3 is 2.35 bits per heavy atom. The van der Waals surface area contributed by atoms with Crippen molar-refractivity contribution in [3.63, 3.8) is 0 Å². The van der Waals surface area contributed by atoms with E-state index in [1.54, 1.807) is 0 Å². The number of allylic oxidation sites excluding steroid dienone is 14. The molecule has 0 N–H and O–H groups in total. The fourth-order valence-electron chi connectivity index (χ4n) is 3.18. The summed E-state index contributed by atoms with van der Waals surface area (Å²) in [6.07, 6.45) is 20.4. The quantitative estimate of drug-likeness (QED) is 0.577. The van der Waals surface area contributed by atoms with Crippen molar-refractivity contribution in [2.24, 2.45) is 11.8 Å². The van der Waals surface area contributed by atoms with Crippen LogP contribution in [0.3, 0.4) is 0 Å². The summed E-state index contributed by atoms with van der Waals surface area (Å²) in [5, 5.41) is 0. The second-order valence-corrected chi connectivity index (χ2v) is 6.07. The van der Waals surface area contributed by atoms with E-state index in [-0.39, 0.29) is 0 Å². The summed E-state index contributed by atoms with van der Waals surface area (Å²) in [5.41, 5.74) is 5.84. The van der Waals surface area contributed by atoms with Gasteiger partial charge in [-0.25, -0.2) is 0 Å². The summed E-state index contributed by atoms with van der Waals surface area (Å²) in [7, 11) is 0. The number of hydrogen-bond donors (Lipinski definition) is 0. The van der Waals surface area contributed by atoms with Gasteiger partial charge in [0, 0.05) is 15.4 Å². The van der Waals surface area contributed by atoms with E-state index in [9.17, 15) is 0 Å². The van der Waals surface area contributed by atoms with Gasteiger partial charge in [0.2, 0.25) is 0 Å². The molecule has 2 unspecified atom stereocenters. The van der Waals surface area contributed by atoms with Crippen molar-refractivity contribution in [3.8, 4) is 0 Å². The fraction of sp³-hybridized carbons (Fsp3) is 0.125. The van der Waals surface area contributed by atoms with Crippen molar-refractivity contribution in [1.29, 1.82) is 0 Å². The van der Waals surface area contributed by atoms with Crippen LogP contribution in [0.25, 0.3) is 0 Å². The van der Waals surface area contributed by atoms with Crippen molar-refractivity contribution >= 4 is 22.6 Å². The molecule has 0 amide bonds. The van der Waals surface area contributed by atoms with Crippen molar-refractivity contribution < 1.29 is 0 Å². The molecule has 4 rings (SSSR count). The highest BCUT2D eigenvalue weighted by molar-refractivity contribution is 14.1. The summed E-state index contributed by atoms with van der Waals surface area (Å²) in [6, 6.07) is 0. The Kier molecular flexibility index (Phi) is 2.01. The molecule has 0 saturated carbocycles. The number of hydrogen-bond acceptors (Lipinski definition) is 0. The highest BCUT2D eigenvalue weighted by Gasteiger charge is 2.37.